The van der Waals surface area contributed by atoms with Gasteiger partial charge in [0.15, 0.2) is 0 Å². The molecule has 0 aliphatic heterocycles. The van der Waals surface area contributed by atoms with E-state index in [1.54, 1.807) is 33.0 Å². The van der Waals surface area contributed by atoms with Crippen molar-refractivity contribution in [1.82, 2.24) is 14.8 Å². The number of aromatic amines is 1. The van der Waals surface area contributed by atoms with Crippen LogP contribution in [0.1, 0.15) is 40.8 Å². The second kappa shape index (κ2) is 15.2. The maximum Gasteiger partial charge on any atom is 0.355 e. The Labute approximate surface area is 296 Å². The Morgan fingerprint density at radius 1 is 0.980 bits per heavy atom. The number of ether oxygens (including phenoxy) is 3. The highest BCUT2D eigenvalue weighted by Gasteiger charge is 2.57. The number of halogens is 5. The van der Waals surface area contributed by atoms with Crippen LogP contribution in [0.15, 0.2) is 54.6 Å². The number of carbonyl (C=O) groups is 1. The normalized spacial score (nSPS) is 12.6. The van der Waals surface area contributed by atoms with Crippen LogP contribution in [-0.2, 0) is 43.9 Å². The van der Waals surface area contributed by atoms with Crippen molar-refractivity contribution in [3.63, 3.8) is 0 Å². The van der Waals surface area contributed by atoms with Crippen LogP contribution in [-0.4, -0.2) is 73.7 Å². The van der Waals surface area contributed by atoms with E-state index in [4.69, 9.17) is 25.8 Å². The van der Waals surface area contributed by atoms with Crippen molar-refractivity contribution in [1.29, 1.82) is 0 Å². The van der Waals surface area contributed by atoms with Crippen molar-refractivity contribution in [3.8, 4) is 16.9 Å². The number of fused-ring (bicyclic) bond motifs is 2. The van der Waals surface area contributed by atoms with E-state index in [-0.39, 0.29) is 23.0 Å². The first-order valence-electron chi connectivity index (χ1n) is 15.9. The fourth-order valence-corrected chi connectivity index (χ4v) is 6.31. The van der Waals surface area contributed by atoms with Crippen molar-refractivity contribution in [2.24, 2.45) is 7.05 Å². The molecule has 0 saturated heterocycles. The molecule has 0 amide bonds. The maximum atomic E-state index is 14.5. The van der Waals surface area contributed by atoms with Gasteiger partial charge < -0.3 is 19.2 Å². The second-order valence-electron chi connectivity index (χ2n) is 11.9. The number of rotatable bonds is 16. The number of alkyl halides is 4. The van der Waals surface area contributed by atoms with Crippen LogP contribution in [0, 0.1) is 6.92 Å². The first-order chi connectivity index (χ1) is 24.0. The number of esters is 1. The van der Waals surface area contributed by atoms with Gasteiger partial charge in [-0.3, -0.25) is 8.86 Å². The summed E-state index contributed by atoms with van der Waals surface area (Å²) in [6, 6.07) is 17.1. The molecular formula is C35H36ClF4N3O7S. The van der Waals surface area contributed by atoms with Gasteiger partial charge in [-0.15, -0.1) is 0 Å². The quantitative estimate of drug-likeness (QED) is 0.0473. The molecule has 1 N–H and O–H groups in total. The van der Waals surface area contributed by atoms with Gasteiger partial charge in [-0.2, -0.15) is 31.1 Å². The number of benzene rings is 3. The molecular weight excluding hydrogens is 718 g/mol. The zero-order chi connectivity index (χ0) is 37.1. The van der Waals surface area contributed by atoms with Crippen molar-refractivity contribution < 1.29 is 49.2 Å². The summed E-state index contributed by atoms with van der Waals surface area (Å²) >= 11 is 6.76. The van der Waals surface area contributed by atoms with E-state index < -0.39 is 47.8 Å². The molecule has 274 valence electrons. The molecule has 0 unspecified atom stereocenters. The summed E-state index contributed by atoms with van der Waals surface area (Å²) in [4.78, 5) is 16.4. The topological polar surface area (TPSA) is 122 Å². The van der Waals surface area contributed by atoms with E-state index in [1.807, 2.05) is 42.5 Å². The Morgan fingerprint density at radius 2 is 1.69 bits per heavy atom. The third kappa shape index (κ3) is 8.32. The number of carbonyl (C=O) groups excluding carboxylic acids is 1. The number of aryl methyl sites for hydroxylation is 2. The highest BCUT2D eigenvalue weighted by molar-refractivity contribution is 7.85. The van der Waals surface area contributed by atoms with Crippen molar-refractivity contribution in [3.05, 3.63) is 82.3 Å². The Kier molecular flexibility index (Phi) is 11.3. The number of hydrogen-bond acceptors (Lipinski definition) is 8. The molecule has 0 atom stereocenters. The van der Waals surface area contributed by atoms with Gasteiger partial charge in [0.05, 0.1) is 42.3 Å². The highest BCUT2D eigenvalue weighted by atomic mass is 35.5. The first-order valence-corrected chi connectivity index (χ1v) is 18.1. The Hall–Kier alpha value is -4.18. The molecule has 0 saturated carbocycles. The molecule has 5 aromatic rings. The van der Waals surface area contributed by atoms with E-state index in [0.29, 0.717) is 59.0 Å². The van der Waals surface area contributed by atoms with E-state index in [0.717, 1.165) is 16.5 Å². The summed E-state index contributed by atoms with van der Waals surface area (Å²) < 4.78 is 101. The molecule has 10 nitrogen and oxygen atoms in total. The van der Waals surface area contributed by atoms with Gasteiger partial charge in [0.25, 0.3) is 10.1 Å². The molecule has 0 aliphatic carbocycles. The largest absolute Gasteiger partial charge is 0.493 e. The van der Waals surface area contributed by atoms with E-state index in [1.165, 1.54) is 4.68 Å². The fraction of sp³-hybridized carbons (Fsp3) is 0.371. The molecule has 0 bridgehead atoms. The molecule has 2 heterocycles. The van der Waals surface area contributed by atoms with Gasteiger partial charge in [-0.25, -0.2) is 4.79 Å². The van der Waals surface area contributed by atoms with Crippen LogP contribution in [0.5, 0.6) is 5.75 Å². The zero-order valence-electron chi connectivity index (χ0n) is 28.2. The lowest BCUT2D eigenvalue weighted by Crippen LogP contribution is -2.47. The standard InChI is InChI=1S/C35H36ClF4N3O7S/c1-5-48-33(44)32-24(13-9-17-49-28-14-8-11-22-10-6-7-12-23(22)28)25-15-16-26(36)30(31(25)41-32)29-21(2)43(3)42-27(29)18-47-19-34(37,38)35(39,40)20-50-51(4,45)46/h6-8,10-12,14-16,41H,5,9,13,17-20H2,1-4H3. The van der Waals surface area contributed by atoms with Crippen LogP contribution < -0.4 is 4.74 Å². The van der Waals surface area contributed by atoms with Gasteiger partial charge >= 0.3 is 17.8 Å². The Morgan fingerprint density at radius 3 is 2.41 bits per heavy atom. The molecule has 0 aliphatic rings. The van der Waals surface area contributed by atoms with Crippen LogP contribution in [0.4, 0.5) is 17.6 Å². The zero-order valence-corrected chi connectivity index (χ0v) is 29.8. The predicted octanol–water partition coefficient (Wildman–Crippen LogP) is 7.64. The smallest absolute Gasteiger partial charge is 0.355 e. The number of aromatic nitrogens is 3. The summed E-state index contributed by atoms with van der Waals surface area (Å²) in [5, 5.41) is 7.26. The minimum absolute atomic E-state index is 0.105. The molecule has 3 aromatic carbocycles. The van der Waals surface area contributed by atoms with Crippen molar-refractivity contribution >= 4 is 49.4 Å². The van der Waals surface area contributed by atoms with Crippen molar-refractivity contribution in [2.75, 3.05) is 32.7 Å². The monoisotopic (exact) mass is 753 g/mol. The Balaban J connectivity index is 1.43. The van der Waals surface area contributed by atoms with Gasteiger partial charge in [0.1, 0.15) is 24.7 Å². The average molecular weight is 754 g/mol. The van der Waals surface area contributed by atoms with Crippen LogP contribution in [0.25, 0.3) is 32.8 Å². The third-order valence-corrected chi connectivity index (χ3v) is 9.12. The summed E-state index contributed by atoms with van der Waals surface area (Å²) in [5.41, 5.74) is 2.72. The molecule has 0 fully saturated rings. The fourth-order valence-electron chi connectivity index (χ4n) is 5.70. The number of H-pyrrole nitrogens is 1. The average Bonchev–Trinajstić information content (AvgIpc) is 3.57. The van der Waals surface area contributed by atoms with Gasteiger partial charge in [0, 0.05) is 34.6 Å². The summed E-state index contributed by atoms with van der Waals surface area (Å²) in [6.45, 7) is -0.597. The number of nitrogens with one attached hydrogen (secondary N) is 1. The second-order valence-corrected chi connectivity index (χ2v) is 13.9. The molecule has 5 rings (SSSR count). The lowest BCUT2D eigenvalue weighted by Gasteiger charge is -2.25. The maximum absolute atomic E-state index is 14.5. The Bertz CT molecular complexity index is 2160. The highest BCUT2D eigenvalue weighted by Crippen LogP contribution is 2.41. The molecule has 2 aromatic heterocycles. The van der Waals surface area contributed by atoms with Crippen LogP contribution in [0.2, 0.25) is 5.02 Å². The predicted molar refractivity (Wildman–Crippen MR) is 184 cm³/mol. The molecule has 51 heavy (non-hydrogen) atoms. The van der Waals surface area contributed by atoms with Crippen LogP contribution >= 0.6 is 11.6 Å². The summed E-state index contributed by atoms with van der Waals surface area (Å²) in [5.74, 6) is -9.48. The minimum Gasteiger partial charge on any atom is -0.493 e. The number of hydrogen-bond donors (Lipinski definition) is 1. The van der Waals surface area contributed by atoms with E-state index in [9.17, 15) is 30.8 Å². The first kappa shape index (κ1) is 38.1. The van der Waals surface area contributed by atoms with Gasteiger partial charge in [-0.1, -0.05) is 54.1 Å². The third-order valence-electron chi connectivity index (χ3n) is 8.26. The molecule has 0 radical (unpaired) electrons. The summed E-state index contributed by atoms with van der Waals surface area (Å²) in [6.07, 6.45) is 1.41. The van der Waals surface area contributed by atoms with Gasteiger partial charge in [0.2, 0.25) is 0 Å². The lowest BCUT2D eigenvalue weighted by atomic mass is 9.98. The van der Waals surface area contributed by atoms with Crippen molar-refractivity contribution in [2.45, 2.75) is 45.1 Å². The van der Waals surface area contributed by atoms with Crippen LogP contribution in [0.3, 0.4) is 0 Å². The SMILES string of the molecule is CCOC(=O)c1[nH]c2c(-c3c(COCC(F)(F)C(F)(F)COS(C)(=O)=O)nn(C)c3C)c(Cl)ccc2c1CCCOc1cccc2ccccc12. The van der Waals surface area contributed by atoms with E-state index in [2.05, 4.69) is 14.3 Å². The molecule has 0 spiro atoms. The summed E-state index contributed by atoms with van der Waals surface area (Å²) in [7, 11) is -2.80. The molecule has 16 heteroatoms. The van der Waals surface area contributed by atoms with Gasteiger partial charge in [-0.05, 0) is 49.8 Å². The van der Waals surface area contributed by atoms with E-state index >= 15 is 0 Å². The minimum atomic E-state index is -4.85. The number of nitrogens with zero attached hydrogens (tertiary/aromatic N) is 2. The lowest BCUT2D eigenvalue weighted by molar-refractivity contribution is -0.243.